The number of thiophene rings is 1. The Bertz CT molecular complexity index is 567. The Balaban J connectivity index is 1.70. The molecule has 0 spiro atoms. The highest BCUT2D eigenvalue weighted by atomic mass is 32.1. The first-order chi connectivity index (χ1) is 10.2. The highest BCUT2D eigenvalue weighted by Crippen LogP contribution is 2.37. The first-order valence-corrected chi connectivity index (χ1v) is 8.53. The molecule has 112 valence electrons. The van der Waals surface area contributed by atoms with Crippen LogP contribution in [0.15, 0.2) is 35.7 Å². The summed E-state index contributed by atoms with van der Waals surface area (Å²) in [6.45, 7) is 4.22. The Morgan fingerprint density at radius 3 is 3.00 bits per heavy atom. The molecule has 0 aromatic carbocycles. The number of piperidine rings is 1. The Morgan fingerprint density at radius 1 is 1.33 bits per heavy atom. The molecule has 3 rings (SSSR count). The van der Waals surface area contributed by atoms with Crippen LogP contribution in [-0.2, 0) is 0 Å². The molecule has 4 heteroatoms. The lowest BCUT2D eigenvalue weighted by molar-refractivity contribution is 0.130. The molecule has 0 saturated carbocycles. The largest absolute Gasteiger partial charge is 0.370 e. The van der Waals surface area contributed by atoms with E-state index in [9.17, 15) is 0 Å². The fourth-order valence-electron chi connectivity index (χ4n) is 3.26. The Kier molecular flexibility index (Phi) is 4.56. The molecule has 0 amide bonds. The maximum atomic E-state index is 4.54. The van der Waals surface area contributed by atoms with Crippen molar-refractivity contribution < 1.29 is 0 Å². The zero-order valence-corrected chi connectivity index (χ0v) is 13.6. The van der Waals surface area contributed by atoms with Crippen molar-refractivity contribution >= 4 is 17.2 Å². The van der Waals surface area contributed by atoms with E-state index in [4.69, 9.17) is 0 Å². The van der Waals surface area contributed by atoms with Crippen LogP contribution in [0.5, 0.6) is 0 Å². The van der Waals surface area contributed by atoms with Crippen molar-refractivity contribution in [1.29, 1.82) is 0 Å². The summed E-state index contributed by atoms with van der Waals surface area (Å²) in [6, 6.07) is 11.1. The average molecular weight is 301 g/mol. The monoisotopic (exact) mass is 301 g/mol. The quantitative estimate of drug-likeness (QED) is 0.927. The van der Waals surface area contributed by atoms with Crippen LogP contribution < -0.4 is 5.32 Å². The zero-order chi connectivity index (χ0) is 14.7. The van der Waals surface area contributed by atoms with Gasteiger partial charge in [0.25, 0.3) is 0 Å². The third-order valence-electron chi connectivity index (χ3n) is 4.28. The minimum atomic E-state index is 0.538. The molecule has 2 atom stereocenters. The van der Waals surface area contributed by atoms with Crippen LogP contribution in [0.2, 0.25) is 0 Å². The molecule has 3 heterocycles. The minimum absolute atomic E-state index is 0.538. The third-order valence-corrected chi connectivity index (χ3v) is 5.22. The molecule has 1 N–H and O–H groups in total. The summed E-state index contributed by atoms with van der Waals surface area (Å²) in [5.74, 6) is 1.64. The van der Waals surface area contributed by atoms with Gasteiger partial charge >= 0.3 is 0 Å². The number of aryl methyl sites for hydroxylation is 1. The summed E-state index contributed by atoms with van der Waals surface area (Å²) in [6.07, 6.45) is 2.57. The molecule has 0 aliphatic carbocycles. The van der Waals surface area contributed by atoms with Crippen LogP contribution in [0.4, 0.5) is 5.82 Å². The van der Waals surface area contributed by atoms with E-state index in [1.54, 1.807) is 0 Å². The fraction of sp³-hybridized carbons (Fsp3) is 0.471. The van der Waals surface area contributed by atoms with Gasteiger partial charge in [-0.2, -0.15) is 0 Å². The van der Waals surface area contributed by atoms with Gasteiger partial charge in [0.2, 0.25) is 0 Å². The molecule has 1 aliphatic rings. The number of hydrogen-bond donors (Lipinski definition) is 1. The molecule has 2 unspecified atom stereocenters. The average Bonchev–Trinajstić information content (AvgIpc) is 2.99. The van der Waals surface area contributed by atoms with E-state index in [-0.39, 0.29) is 0 Å². The van der Waals surface area contributed by atoms with E-state index < -0.39 is 0 Å². The first-order valence-electron chi connectivity index (χ1n) is 7.65. The van der Waals surface area contributed by atoms with Gasteiger partial charge in [0.05, 0.1) is 0 Å². The number of likely N-dealkylation sites (tertiary alicyclic amines) is 1. The van der Waals surface area contributed by atoms with Gasteiger partial charge < -0.3 is 5.32 Å². The number of nitrogens with zero attached hydrogens (tertiary/aromatic N) is 2. The summed E-state index contributed by atoms with van der Waals surface area (Å²) in [4.78, 5) is 8.53. The number of aromatic nitrogens is 1. The standard InChI is InChI=1S/C17H23N3S/c1-13-6-3-9-16(19-13)18-12-14-7-4-10-20(2)17(14)15-8-5-11-21-15/h3,5-6,8-9,11,14,17H,4,7,10,12H2,1-2H3,(H,18,19). The van der Waals surface area contributed by atoms with Crippen molar-refractivity contribution in [3.8, 4) is 0 Å². The number of hydrogen-bond acceptors (Lipinski definition) is 4. The molecule has 0 radical (unpaired) electrons. The fourth-order valence-corrected chi connectivity index (χ4v) is 4.24. The normalized spacial score (nSPS) is 23.1. The molecule has 21 heavy (non-hydrogen) atoms. The number of rotatable bonds is 4. The first kappa shape index (κ1) is 14.5. The molecule has 1 fully saturated rings. The molecule has 1 saturated heterocycles. The summed E-state index contributed by atoms with van der Waals surface area (Å²) in [5, 5.41) is 5.72. The number of pyridine rings is 1. The lowest BCUT2D eigenvalue weighted by Crippen LogP contribution is -2.38. The molecule has 2 aromatic heterocycles. The molecular formula is C17H23N3S. The predicted octanol–water partition coefficient (Wildman–Crippen LogP) is 3.95. The molecule has 2 aromatic rings. The van der Waals surface area contributed by atoms with Crippen LogP contribution in [0, 0.1) is 12.8 Å². The predicted molar refractivity (Wildman–Crippen MR) is 89.9 cm³/mol. The van der Waals surface area contributed by atoms with Gasteiger partial charge in [-0.1, -0.05) is 12.1 Å². The topological polar surface area (TPSA) is 28.2 Å². The van der Waals surface area contributed by atoms with Gasteiger partial charge in [0.15, 0.2) is 0 Å². The van der Waals surface area contributed by atoms with E-state index >= 15 is 0 Å². The second-order valence-corrected chi connectivity index (χ2v) is 6.87. The summed E-state index contributed by atoms with van der Waals surface area (Å²) in [5.41, 5.74) is 1.07. The third kappa shape index (κ3) is 3.44. The van der Waals surface area contributed by atoms with E-state index in [0.717, 1.165) is 18.1 Å². The van der Waals surface area contributed by atoms with Crippen molar-refractivity contribution in [1.82, 2.24) is 9.88 Å². The van der Waals surface area contributed by atoms with Crippen molar-refractivity contribution in [2.45, 2.75) is 25.8 Å². The van der Waals surface area contributed by atoms with E-state index in [1.807, 2.05) is 24.3 Å². The van der Waals surface area contributed by atoms with Gasteiger partial charge in [-0.3, -0.25) is 4.90 Å². The molecule has 0 bridgehead atoms. The van der Waals surface area contributed by atoms with Gasteiger partial charge in [-0.25, -0.2) is 4.98 Å². The second kappa shape index (κ2) is 6.58. The van der Waals surface area contributed by atoms with Crippen LogP contribution in [-0.4, -0.2) is 30.0 Å². The second-order valence-electron chi connectivity index (χ2n) is 5.89. The zero-order valence-electron chi connectivity index (χ0n) is 12.7. The smallest absolute Gasteiger partial charge is 0.126 e. The van der Waals surface area contributed by atoms with Crippen LogP contribution in [0.25, 0.3) is 0 Å². The van der Waals surface area contributed by atoms with Crippen molar-refractivity contribution in [2.24, 2.45) is 5.92 Å². The highest BCUT2D eigenvalue weighted by molar-refractivity contribution is 7.10. The van der Waals surface area contributed by atoms with Gasteiger partial charge in [-0.15, -0.1) is 11.3 Å². The summed E-state index contributed by atoms with van der Waals surface area (Å²) >= 11 is 1.88. The molecular weight excluding hydrogens is 278 g/mol. The minimum Gasteiger partial charge on any atom is -0.370 e. The van der Waals surface area contributed by atoms with Crippen molar-refractivity contribution in [2.75, 3.05) is 25.5 Å². The maximum absolute atomic E-state index is 4.54. The summed E-state index contributed by atoms with van der Waals surface area (Å²) < 4.78 is 0. The van der Waals surface area contributed by atoms with Crippen LogP contribution in [0.3, 0.4) is 0 Å². The van der Waals surface area contributed by atoms with Crippen molar-refractivity contribution in [3.05, 3.63) is 46.3 Å². The number of anilines is 1. The highest BCUT2D eigenvalue weighted by Gasteiger charge is 2.30. The van der Waals surface area contributed by atoms with E-state index in [1.165, 1.54) is 24.3 Å². The molecule has 1 aliphatic heterocycles. The van der Waals surface area contributed by atoms with Crippen LogP contribution in [0.1, 0.15) is 29.5 Å². The van der Waals surface area contributed by atoms with Gasteiger partial charge in [-0.05, 0) is 62.9 Å². The Morgan fingerprint density at radius 2 is 2.24 bits per heavy atom. The van der Waals surface area contributed by atoms with Crippen LogP contribution >= 0.6 is 11.3 Å². The Hall–Kier alpha value is -1.39. The number of nitrogens with one attached hydrogen (secondary N) is 1. The van der Waals surface area contributed by atoms with E-state index in [2.05, 4.69) is 51.9 Å². The Labute approximate surface area is 131 Å². The van der Waals surface area contributed by atoms with Crippen molar-refractivity contribution in [3.63, 3.8) is 0 Å². The lowest BCUT2D eigenvalue weighted by Gasteiger charge is -2.39. The van der Waals surface area contributed by atoms with Gasteiger partial charge in [0, 0.05) is 23.2 Å². The van der Waals surface area contributed by atoms with Gasteiger partial charge in [0.1, 0.15) is 5.82 Å². The van der Waals surface area contributed by atoms with E-state index in [0.29, 0.717) is 12.0 Å². The molecule has 3 nitrogen and oxygen atoms in total. The lowest BCUT2D eigenvalue weighted by atomic mass is 9.88. The maximum Gasteiger partial charge on any atom is 0.126 e. The SMILES string of the molecule is Cc1cccc(NCC2CCCN(C)C2c2cccs2)n1. The summed E-state index contributed by atoms with van der Waals surface area (Å²) in [7, 11) is 2.25.